The first-order chi connectivity index (χ1) is 12.3. The Morgan fingerprint density at radius 3 is 2.40 bits per heavy atom. The zero-order valence-electron chi connectivity index (χ0n) is 14.5. The van der Waals surface area contributed by atoms with Gasteiger partial charge in [0.15, 0.2) is 0 Å². The summed E-state index contributed by atoms with van der Waals surface area (Å²) in [4.78, 5) is 2.33. The van der Waals surface area contributed by atoms with Crippen molar-refractivity contribution in [2.75, 3.05) is 40.0 Å². The van der Waals surface area contributed by atoms with E-state index < -0.39 is 0 Å². The molecule has 134 valence electrons. The molecule has 0 N–H and O–H groups in total. The smallest absolute Gasteiger partial charge is 0.130 e. The third-order valence-corrected chi connectivity index (χ3v) is 4.40. The average molecular weight is 345 g/mol. The van der Waals surface area contributed by atoms with E-state index in [1.165, 1.54) is 6.07 Å². The van der Waals surface area contributed by atoms with Crippen LogP contribution in [0.5, 0.6) is 11.5 Å². The Labute approximate surface area is 148 Å². The van der Waals surface area contributed by atoms with Gasteiger partial charge in [-0.1, -0.05) is 18.2 Å². The first kappa shape index (κ1) is 17.7. The highest BCUT2D eigenvalue weighted by Crippen LogP contribution is 2.28. The van der Waals surface area contributed by atoms with Gasteiger partial charge in [0.25, 0.3) is 0 Å². The first-order valence-corrected chi connectivity index (χ1v) is 8.61. The van der Waals surface area contributed by atoms with E-state index in [4.69, 9.17) is 14.2 Å². The number of hydrogen-bond donors (Lipinski definition) is 0. The molecule has 1 saturated heterocycles. The molecule has 25 heavy (non-hydrogen) atoms. The fourth-order valence-corrected chi connectivity index (χ4v) is 2.96. The van der Waals surface area contributed by atoms with Crippen LogP contribution in [0.4, 0.5) is 4.39 Å². The van der Waals surface area contributed by atoms with Crippen LogP contribution in [-0.2, 0) is 4.74 Å². The lowest BCUT2D eigenvalue weighted by Crippen LogP contribution is -2.37. The summed E-state index contributed by atoms with van der Waals surface area (Å²) >= 11 is 0. The third kappa shape index (κ3) is 4.94. The van der Waals surface area contributed by atoms with Crippen LogP contribution in [0.3, 0.4) is 0 Å². The number of ether oxygens (including phenoxy) is 3. The SMILES string of the molecule is COc1ccc(OC(CCN2CCOCC2)c2ccccc2F)cc1. The molecule has 0 amide bonds. The number of morpholine rings is 1. The predicted molar refractivity (Wildman–Crippen MR) is 94.6 cm³/mol. The molecule has 0 aliphatic carbocycles. The van der Waals surface area contributed by atoms with E-state index in [1.807, 2.05) is 30.3 Å². The minimum absolute atomic E-state index is 0.233. The fourth-order valence-electron chi connectivity index (χ4n) is 2.96. The molecule has 1 atom stereocenters. The van der Waals surface area contributed by atoms with Crippen molar-refractivity contribution in [1.82, 2.24) is 4.90 Å². The number of benzene rings is 2. The lowest BCUT2D eigenvalue weighted by atomic mass is 10.1. The molecule has 3 rings (SSSR count). The third-order valence-electron chi connectivity index (χ3n) is 4.40. The second kappa shape index (κ2) is 8.83. The molecule has 1 fully saturated rings. The Hall–Kier alpha value is -2.11. The normalized spacial score (nSPS) is 16.4. The van der Waals surface area contributed by atoms with E-state index in [0.29, 0.717) is 17.7 Å². The van der Waals surface area contributed by atoms with Gasteiger partial charge in [-0.2, -0.15) is 0 Å². The van der Waals surface area contributed by atoms with Crippen molar-refractivity contribution < 1.29 is 18.6 Å². The Balaban J connectivity index is 1.72. The first-order valence-electron chi connectivity index (χ1n) is 8.61. The number of hydrogen-bond acceptors (Lipinski definition) is 4. The standard InChI is InChI=1S/C20H24FNO3/c1-23-16-6-8-17(9-7-16)25-20(18-4-2-3-5-19(18)21)10-11-22-12-14-24-15-13-22/h2-9,20H,10-15H2,1H3. The van der Waals surface area contributed by atoms with Gasteiger partial charge in [-0.05, 0) is 30.3 Å². The Kier molecular flexibility index (Phi) is 6.25. The number of nitrogens with zero attached hydrogens (tertiary/aromatic N) is 1. The van der Waals surface area contributed by atoms with Crippen molar-refractivity contribution in [3.63, 3.8) is 0 Å². The zero-order chi connectivity index (χ0) is 17.5. The van der Waals surface area contributed by atoms with Gasteiger partial charge < -0.3 is 14.2 Å². The molecule has 1 unspecified atom stereocenters. The van der Waals surface area contributed by atoms with Gasteiger partial charge in [-0.25, -0.2) is 4.39 Å². The molecular weight excluding hydrogens is 321 g/mol. The van der Waals surface area contributed by atoms with E-state index in [-0.39, 0.29) is 11.9 Å². The van der Waals surface area contributed by atoms with Crippen LogP contribution in [0, 0.1) is 5.82 Å². The minimum Gasteiger partial charge on any atom is -0.497 e. The maximum absolute atomic E-state index is 14.3. The Bertz CT molecular complexity index is 656. The number of rotatable bonds is 7. The van der Waals surface area contributed by atoms with E-state index in [9.17, 15) is 4.39 Å². The summed E-state index contributed by atoms with van der Waals surface area (Å²) < 4.78 is 31.0. The van der Waals surface area contributed by atoms with Crippen molar-refractivity contribution >= 4 is 0 Å². The van der Waals surface area contributed by atoms with Crippen molar-refractivity contribution in [2.45, 2.75) is 12.5 Å². The van der Waals surface area contributed by atoms with Crippen molar-refractivity contribution in [3.05, 3.63) is 59.9 Å². The summed E-state index contributed by atoms with van der Waals surface area (Å²) in [7, 11) is 1.63. The molecule has 2 aromatic rings. The van der Waals surface area contributed by atoms with Crippen LogP contribution >= 0.6 is 0 Å². The van der Waals surface area contributed by atoms with Crippen LogP contribution in [0.15, 0.2) is 48.5 Å². The highest BCUT2D eigenvalue weighted by atomic mass is 19.1. The second-order valence-electron chi connectivity index (χ2n) is 6.05. The maximum Gasteiger partial charge on any atom is 0.130 e. The highest BCUT2D eigenvalue weighted by Gasteiger charge is 2.20. The largest absolute Gasteiger partial charge is 0.497 e. The lowest BCUT2D eigenvalue weighted by molar-refractivity contribution is 0.0315. The van der Waals surface area contributed by atoms with Crippen LogP contribution < -0.4 is 9.47 Å². The van der Waals surface area contributed by atoms with E-state index in [2.05, 4.69) is 4.90 Å². The lowest BCUT2D eigenvalue weighted by Gasteiger charge is -2.28. The Morgan fingerprint density at radius 2 is 1.72 bits per heavy atom. The molecule has 0 radical (unpaired) electrons. The van der Waals surface area contributed by atoms with E-state index in [1.54, 1.807) is 19.2 Å². The molecular formula is C20H24FNO3. The second-order valence-corrected chi connectivity index (χ2v) is 6.05. The molecule has 0 bridgehead atoms. The van der Waals surface area contributed by atoms with Gasteiger partial charge in [0.05, 0.1) is 20.3 Å². The van der Waals surface area contributed by atoms with Crippen LogP contribution in [0.2, 0.25) is 0 Å². The molecule has 4 nitrogen and oxygen atoms in total. The molecule has 1 aliphatic heterocycles. The minimum atomic E-state index is -0.336. The van der Waals surface area contributed by atoms with Gasteiger partial charge in [0.2, 0.25) is 0 Å². The van der Waals surface area contributed by atoms with Crippen molar-refractivity contribution in [3.8, 4) is 11.5 Å². The monoisotopic (exact) mass is 345 g/mol. The summed E-state index contributed by atoms with van der Waals surface area (Å²) in [6.07, 6.45) is 0.380. The summed E-state index contributed by atoms with van der Waals surface area (Å²) in [5.41, 5.74) is 0.589. The topological polar surface area (TPSA) is 30.9 Å². The van der Waals surface area contributed by atoms with Gasteiger partial charge >= 0.3 is 0 Å². The van der Waals surface area contributed by atoms with Crippen molar-refractivity contribution in [2.24, 2.45) is 0 Å². The number of halogens is 1. The van der Waals surface area contributed by atoms with Crippen molar-refractivity contribution in [1.29, 1.82) is 0 Å². The van der Waals surface area contributed by atoms with Gasteiger partial charge in [0, 0.05) is 31.6 Å². The molecule has 0 spiro atoms. The van der Waals surface area contributed by atoms with Gasteiger partial charge in [0.1, 0.15) is 23.4 Å². The summed E-state index contributed by atoms with van der Waals surface area (Å²) in [5, 5.41) is 0. The van der Waals surface area contributed by atoms with Crippen LogP contribution in [0.1, 0.15) is 18.1 Å². The maximum atomic E-state index is 14.3. The molecule has 2 aromatic carbocycles. The summed E-state index contributed by atoms with van der Waals surface area (Å²) in [6.45, 7) is 4.17. The zero-order valence-corrected chi connectivity index (χ0v) is 14.5. The predicted octanol–water partition coefficient (Wildman–Crippen LogP) is 3.68. The van der Waals surface area contributed by atoms with Crippen LogP contribution in [-0.4, -0.2) is 44.9 Å². The molecule has 5 heteroatoms. The van der Waals surface area contributed by atoms with Gasteiger partial charge in [-0.15, -0.1) is 0 Å². The van der Waals surface area contributed by atoms with Crippen LogP contribution in [0.25, 0.3) is 0 Å². The van der Waals surface area contributed by atoms with E-state index in [0.717, 1.165) is 38.6 Å². The fraction of sp³-hybridized carbons (Fsp3) is 0.400. The molecule has 0 saturated carbocycles. The number of methoxy groups -OCH3 is 1. The van der Waals surface area contributed by atoms with E-state index >= 15 is 0 Å². The molecule has 1 aliphatic rings. The summed E-state index contributed by atoms with van der Waals surface area (Å²) in [5.74, 6) is 1.24. The van der Waals surface area contributed by atoms with Gasteiger partial charge in [-0.3, -0.25) is 4.90 Å². The molecule has 0 aromatic heterocycles. The highest BCUT2D eigenvalue weighted by molar-refractivity contribution is 5.32. The summed E-state index contributed by atoms with van der Waals surface area (Å²) in [6, 6.07) is 14.2. The Morgan fingerprint density at radius 1 is 1.04 bits per heavy atom. The molecule has 1 heterocycles. The average Bonchev–Trinajstić information content (AvgIpc) is 2.67. The quantitative estimate of drug-likeness (QED) is 0.766.